The van der Waals surface area contributed by atoms with Crippen molar-refractivity contribution in [2.45, 2.75) is 23.5 Å². The maximum atomic E-state index is 12.3. The Morgan fingerprint density at radius 1 is 1.13 bits per heavy atom. The molecule has 2 aromatic rings. The molecule has 7 heteroatoms. The number of aliphatic hydroxyl groups excluding tert-OH is 1. The molecule has 2 aliphatic rings. The molecule has 0 spiro atoms. The maximum absolute atomic E-state index is 12.3. The van der Waals surface area contributed by atoms with Crippen LogP contribution in [0.5, 0.6) is 11.5 Å². The highest BCUT2D eigenvalue weighted by Gasteiger charge is 2.36. The first-order valence-electron chi connectivity index (χ1n) is 7.22. The lowest BCUT2D eigenvalue weighted by molar-refractivity contribution is 0.131. The molecular formula is C16H15NO5S. The van der Waals surface area contributed by atoms with Gasteiger partial charge in [0, 0.05) is 5.56 Å². The lowest BCUT2D eigenvalue weighted by atomic mass is 9.96. The van der Waals surface area contributed by atoms with E-state index in [2.05, 4.69) is 4.72 Å². The van der Waals surface area contributed by atoms with E-state index in [9.17, 15) is 13.5 Å². The van der Waals surface area contributed by atoms with Crippen molar-refractivity contribution in [1.82, 2.24) is 4.72 Å². The topological polar surface area (TPSA) is 84.9 Å². The van der Waals surface area contributed by atoms with Crippen LogP contribution >= 0.6 is 0 Å². The number of ether oxygens (including phenoxy) is 2. The summed E-state index contributed by atoms with van der Waals surface area (Å²) in [6.45, 7) is 0.185. The highest BCUT2D eigenvalue weighted by molar-refractivity contribution is 7.89. The van der Waals surface area contributed by atoms with Crippen LogP contribution in [0.25, 0.3) is 0 Å². The van der Waals surface area contributed by atoms with Crippen molar-refractivity contribution in [1.29, 1.82) is 0 Å². The van der Waals surface area contributed by atoms with Gasteiger partial charge in [0.1, 0.15) is 0 Å². The van der Waals surface area contributed by atoms with Gasteiger partial charge in [-0.15, -0.1) is 0 Å². The molecule has 2 N–H and O–H groups in total. The lowest BCUT2D eigenvalue weighted by Gasteiger charge is -2.30. The second-order valence-corrected chi connectivity index (χ2v) is 7.28. The van der Waals surface area contributed by atoms with Crippen LogP contribution in [-0.4, -0.2) is 26.4 Å². The SMILES string of the molecule is O=S1(=O)N[C@H](Cc2ccc3c(c2)OCO3)[C@H](O)c2ccccc21. The number of sulfonamides is 1. The molecule has 4 rings (SSSR count). The summed E-state index contributed by atoms with van der Waals surface area (Å²) >= 11 is 0. The number of aliphatic hydroxyl groups is 1. The van der Waals surface area contributed by atoms with Crippen molar-refractivity contribution in [3.8, 4) is 11.5 Å². The van der Waals surface area contributed by atoms with Crippen molar-refractivity contribution in [2.75, 3.05) is 6.79 Å². The van der Waals surface area contributed by atoms with Crippen molar-refractivity contribution in [3.05, 3.63) is 53.6 Å². The summed E-state index contributed by atoms with van der Waals surface area (Å²) in [6, 6.07) is 11.3. The van der Waals surface area contributed by atoms with E-state index in [1.807, 2.05) is 12.1 Å². The van der Waals surface area contributed by atoms with Gasteiger partial charge in [-0.2, -0.15) is 0 Å². The van der Waals surface area contributed by atoms with Gasteiger partial charge in [0.25, 0.3) is 0 Å². The van der Waals surface area contributed by atoms with Gasteiger partial charge in [0.2, 0.25) is 16.8 Å². The van der Waals surface area contributed by atoms with Gasteiger partial charge in [0.15, 0.2) is 11.5 Å². The number of fused-ring (bicyclic) bond motifs is 2. The van der Waals surface area contributed by atoms with Gasteiger partial charge in [-0.3, -0.25) is 0 Å². The van der Waals surface area contributed by atoms with Gasteiger partial charge in [0.05, 0.1) is 17.0 Å². The molecule has 23 heavy (non-hydrogen) atoms. The number of benzene rings is 2. The van der Waals surface area contributed by atoms with Gasteiger partial charge < -0.3 is 14.6 Å². The third-order valence-corrected chi connectivity index (χ3v) is 5.67. The van der Waals surface area contributed by atoms with Crippen LogP contribution in [0.3, 0.4) is 0 Å². The summed E-state index contributed by atoms with van der Waals surface area (Å²) in [7, 11) is -3.62. The molecule has 6 nitrogen and oxygen atoms in total. The summed E-state index contributed by atoms with van der Waals surface area (Å²) < 4.78 is 37.8. The van der Waals surface area contributed by atoms with E-state index in [1.165, 1.54) is 6.07 Å². The van der Waals surface area contributed by atoms with Crippen LogP contribution in [-0.2, 0) is 16.4 Å². The molecule has 0 radical (unpaired) electrons. The van der Waals surface area contributed by atoms with Crippen LogP contribution < -0.4 is 14.2 Å². The fraction of sp³-hybridized carbons (Fsp3) is 0.250. The van der Waals surface area contributed by atoms with Crippen molar-refractivity contribution < 1.29 is 23.0 Å². The zero-order valence-corrected chi connectivity index (χ0v) is 12.9. The molecule has 2 heterocycles. The Labute approximate surface area is 133 Å². The van der Waals surface area contributed by atoms with E-state index < -0.39 is 22.2 Å². The fourth-order valence-corrected chi connectivity index (χ4v) is 4.48. The molecule has 0 bridgehead atoms. The van der Waals surface area contributed by atoms with Crippen LogP contribution in [0.4, 0.5) is 0 Å². The smallest absolute Gasteiger partial charge is 0.241 e. The Morgan fingerprint density at radius 3 is 2.78 bits per heavy atom. The Hall–Kier alpha value is -2.09. The zero-order valence-electron chi connectivity index (χ0n) is 12.1. The summed E-state index contributed by atoms with van der Waals surface area (Å²) in [5.41, 5.74) is 1.29. The number of hydrogen-bond donors (Lipinski definition) is 2. The van der Waals surface area contributed by atoms with E-state index in [1.54, 1.807) is 24.3 Å². The number of nitrogens with one attached hydrogen (secondary N) is 1. The highest BCUT2D eigenvalue weighted by Crippen LogP contribution is 2.35. The zero-order chi connectivity index (χ0) is 16.0. The van der Waals surface area contributed by atoms with E-state index >= 15 is 0 Å². The molecule has 0 amide bonds. The number of hydrogen-bond acceptors (Lipinski definition) is 5. The molecule has 120 valence electrons. The molecule has 2 aliphatic heterocycles. The molecule has 0 aliphatic carbocycles. The van der Waals surface area contributed by atoms with Crippen molar-refractivity contribution in [3.63, 3.8) is 0 Å². The standard InChI is InChI=1S/C16H15NO5S/c18-16-11-3-1-2-4-15(11)23(19,20)17-12(16)7-10-5-6-13-14(8-10)22-9-21-13/h1-6,8,12,16-18H,7,9H2/t12-,16-/m1/s1. The Kier molecular flexibility index (Phi) is 3.29. The van der Waals surface area contributed by atoms with E-state index in [0.717, 1.165) is 5.56 Å². The molecule has 0 fully saturated rings. The predicted molar refractivity (Wildman–Crippen MR) is 81.8 cm³/mol. The molecule has 0 aromatic heterocycles. The largest absolute Gasteiger partial charge is 0.454 e. The average Bonchev–Trinajstić information content (AvgIpc) is 3.00. The minimum absolute atomic E-state index is 0.134. The molecule has 0 saturated carbocycles. The molecule has 2 aromatic carbocycles. The number of rotatable bonds is 2. The third-order valence-electron chi connectivity index (χ3n) is 4.11. The third kappa shape index (κ3) is 2.46. The molecule has 0 saturated heterocycles. The minimum Gasteiger partial charge on any atom is -0.454 e. The molecule has 0 unspecified atom stereocenters. The van der Waals surface area contributed by atoms with Crippen molar-refractivity contribution >= 4 is 10.0 Å². The molecular weight excluding hydrogens is 318 g/mol. The second-order valence-electron chi connectivity index (χ2n) is 5.60. The maximum Gasteiger partial charge on any atom is 0.241 e. The van der Waals surface area contributed by atoms with Crippen LogP contribution in [0.2, 0.25) is 0 Å². The van der Waals surface area contributed by atoms with Gasteiger partial charge >= 0.3 is 0 Å². The first-order chi connectivity index (χ1) is 11.0. The summed E-state index contributed by atoms with van der Waals surface area (Å²) in [6.07, 6.45) is -0.550. The van der Waals surface area contributed by atoms with E-state index in [0.29, 0.717) is 23.5 Å². The summed E-state index contributed by atoms with van der Waals surface area (Å²) in [5.74, 6) is 1.31. The summed E-state index contributed by atoms with van der Waals surface area (Å²) in [5, 5.41) is 10.5. The second kappa shape index (κ2) is 5.23. The Balaban J connectivity index is 1.66. The summed E-state index contributed by atoms with van der Waals surface area (Å²) in [4.78, 5) is 0.134. The fourth-order valence-electron chi connectivity index (χ4n) is 2.99. The lowest BCUT2D eigenvalue weighted by Crippen LogP contribution is -2.45. The minimum atomic E-state index is -3.62. The quantitative estimate of drug-likeness (QED) is 0.867. The van der Waals surface area contributed by atoms with Gasteiger partial charge in [-0.25, -0.2) is 13.1 Å². The van der Waals surface area contributed by atoms with E-state index in [4.69, 9.17) is 9.47 Å². The molecule has 2 atom stereocenters. The van der Waals surface area contributed by atoms with Crippen LogP contribution in [0, 0.1) is 0 Å². The first-order valence-corrected chi connectivity index (χ1v) is 8.71. The van der Waals surface area contributed by atoms with Crippen LogP contribution in [0.15, 0.2) is 47.4 Å². The normalized spacial score (nSPS) is 24.2. The van der Waals surface area contributed by atoms with Crippen LogP contribution in [0.1, 0.15) is 17.2 Å². The van der Waals surface area contributed by atoms with Crippen molar-refractivity contribution in [2.24, 2.45) is 0 Å². The highest BCUT2D eigenvalue weighted by atomic mass is 32.2. The first kappa shape index (κ1) is 14.5. The van der Waals surface area contributed by atoms with Gasteiger partial charge in [-0.05, 0) is 30.2 Å². The average molecular weight is 333 g/mol. The predicted octanol–water partition coefficient (Wildman–Crippen LogP) is 1.35. The van der Waals surface area contributed by atoms with Gasteiger partial charge in [-0.1, -0.05) is 24.3 Å². The monoisotopic (exact) mass is 333 g/mol. The Morgan fingerprint density at radius 2 is 1.91 bits per heavy atom. The Bertz CT molecular complexity index is 865. The van der Waals surface area contributed by atoms with E-state index in [-0.39, 0.29) is 11.7 Å².